The number of Topliss-reactive ketones (excluding diaryl/α,β-unsaturated/α-hetero) is 1. The van der Waals surface area contributed by atoms with Crippen molar-refractivity contribution in [3.63, 3.8) is 0 Å². The number of ketones is 1. The number of carbonyl (C=O) groups excluding carboxylic acids is 1. The third kappa shape index (κ3) is 4.11. The Morgan fingerprint density at radius 3 is 2.26 bits per heavy atom. The quantitative estimate of drug-likeness (QED) is 0.565. The standard InChI is InChI=1S/C21H20O5S/c1-15-5-11-18(12-6-15)27(23,24)21(14-19(22)20-4-3-13-26-20)16-7-9-17(25-2)10-8-16/h3-13,21H,14H2,1-2H3/t21-/m1/s1. The summed E-state index contributed by atoms with van der Waals surface area (Å²) in [5, 5.41) is -1.02. The summed E-state index contributed by atoms with van der Waals surface area (Å²) >= 11 is 0. The zero-order valence-electron chi connectivity index (χ0n) is 15.1. The summed E-state index contributed by atoms with van der Waals surface area (Å²) in [6, 6.07) is 16.5. The van der Waals surface area contributed by atoms with Crippen molar-refractivity contribution in [2.45, 2.75) is 23.5 Å². The summed E-state index contributed by atoms with van der Waals surface area (Å²) in [5.41, 5.74) is 1.48. The van der Waals surface area contributed by atoms with Crippen LogP contribution in [0.3, 0.4) is 0 Å². The zero-order chi connectivity index (χ0) is 19.4. The number of furan rings is 1. The van der Waals surface area contributed by atoms with E-state index in [1.807, 2.05) is 6.92 Å². The van der Waals surface area contributed by atoms with E-state index in [0.29, 0.717) is 11.3 Å². The predicted molar refractivity (Wildman–Crippen MR) is 102 cm³/mol. The molecule has 0 saturated heterocycles. The second-order valence-corrected chi connectivity index (χ2v) is 8.35. The third-order valence-corrected chi connectivity index (χ3v) is 6.50. The van der Waals surface area contributed by atoms with Crippen LogP contribution in [0.5, 0.6) is 5.75 Å². The van der Waals surface area contributed by atoms with Gasteiger partial charge in [0.15, 0.2) is 21.4 Å². The normalized spacial score (nSPS) is 12.5. The van der Waals surface area contributed by atoms with Gasteiger partial charge in [-0.1, -0.05) is 29.8 Å². The van der Waals surface area contributed by atoms with Gasteiger partial charge in [-0.2, -0.15) is 0 Å². The fourth-order valence-electron chi connectivity index (χ4n) is 2.82. The highest BCUT2D eigenvalue weighted by molar-refractivity contribution is 7.91. The molecule has 140 valence electrons. The molecule has 3 rings (SSSR count). The molecule has 1 atom stereocenters. The van der Waals surface area contributed by atoms with E-state index in [2.05, 4.69) is 0 Å². The molecule has 0 aliphatic rings. The molecule has 6 heteroatoms. The Balaban J connectivity index is 2.02. The van der Waals surface area contributed by atoms with E-state index in [9.17, 15) is 13.2 Å². The molecule has 0 bridgehead atoms. The zero-order valence-corrected chi connectivity index (χ0v) is 15.9. The molecule has 1 aromatic heterocycles. The molecule has 0 aliphatic heterocycles. The highest BCUT2D eigenvalue weighted by Gasteiger charge is 2.32. The Labute approximate surface area is 158 Å². The maximum atomic E-state index is 13.3. The minimum Gasteiger partial charge on any atom is -0.497 e. The van der Waals surface area contributed by atoms with Crippen molar-refractivity contribution < 1.29 is 22.4 Å². The van der Waals surface area contributed by atoms with Gasteiger partial charge in [0.2, 0.25) is 0 Å². The Morgan fingerprint density at radius 2 is 1.70 bits per heavy atom. The molecule has 0 spiro atoms. The molecule has 0 aliphatic carbocycles. The van der Waals surface area contributed by atoms with Crippen LogP contribution < -0.4 is 4.74 Å². The number of ether oxygens (including phenoxy) is 1. The lowest BCUT2D eigenvalue weighted by atomic mass is 10.1. The first-order valence-electron chi connectivity index (χ1n) is 8.43. The Kier molecular flexibility index (Phi) is 5.46. The van der Waals surface area contributed by atoms with Crippen LogP contribution in [-0.4, -0.2) is 21.3 Å². The van der Waals surface area contributed by atoms with Gasteiger partial charge in [0.25, 0.3) is 0 Å². The molecule has 2 aromatic carbocycles. The molecule has 0 radical (unpaired) electrons. The van der Waals surface area contributed by atoms with E-state index < -0.39 is 15.1 Å². The number of hydrogen-bond donors (Lipinski definition) is 0. The first-order chi connectivity index (χ1) is 12.9. The Hall–Kier alpha value is -2.86. The van der Waals surface area contributed by atoms with E-state index in [0.717, 1.165) is 5.56 Å². The van der Waals surface area contributed by atoms with Crippen molar-refractivity contribution in [2.75, 3.05) is 7.11 Å². The van der Waals surface area contributed by atoms with Gasteiger partial charge in [-0.3, -0.25) is 4.79 Å². The molecule has 0 N–H and O–H groups in total. The van der Waals surface area contributed by atoms with Crippen LogP contribution in [0.25, 0.3) is 0 Å². The second kappa shape index (κ2) is 7.80. The Bertz CT molecular complexity index is 1000. The average molecular weight is 384 g/mol. The molecule has 0 amide bonds. The van der Waals surface area contributed by atoms with E-state index in [1.54, 1.807) is 54.6 Å². The van der Waals surface area contributed by atoms with Gasteiger partial charge in [0.05, 0.1) is 23.5 Å². The van der Waals surface area contributed by atoms with Crippen LogP contribution in [0.2, 0.25) is 0 Å². The maximum absolute atomic E-state index is 13.3. The maximum Gasteiger partial charge on any atom is 0.199 e. The van der Waals surface area contributed by atoms with Crippen molar-refractivity contribution in [3.8, 4) is 5.75 Å². The first-order valence-corrected chi connectivity index (χ1v) is 9.97. The van der Waals surface area contributed by atoms with Gasteiger partial charge in [-0.05, 0) is 48.9 Å². The number of methoxy groups -OCH3 is 1. The highest BCUT2D eigenvalue weighted by atomic mass is 32.2. The third-order valence-electron chi connectivity index (χ3n) is 4.38. The van der Waals surface area contributed by atoms with Gasteiger partial charge < -0.3 is 9.15 Å². The van der Waals surface area contributed by atoms with Crippen molar-refractivity contribution in [3.05, 3.63) is 83.8 Å². The van der Waals surface area contributed by atoms with E-state index in [4.69, 9.17) is 9.15 Å². The number of hydrogen-bond acceptors (Lipinski definition) is 5. The van der Waals surface area contributed by atoms with Crippen LogP contribution in [0, 0.1) is 6.92 Å². The van der Waals surface area contributed by atoms with Crippen molar-refractivity contribution >= 4 is 15.6 Å². The van der Waals surface area contributed by atoms with Gasteiger partial charge in [0.1, 0.15) is 5.75 Å². The molecule has 0 unspecified atom stereocenters. The number of rotatable bonds is 7. The largest absolute Gasteiger partial charge is 0.497 e. The monoisotopic (exact) mass is 384 g/mol. The number of benzene rings is 2. The lowest BCUT2D eigenvalue weighted by Crippen LogP contribution is -2.18. The summed E-state index contributed by atoms with van der Waals surface area (Å²) in [6.07, 6.45) is 1.18. The molecule has 5 nitrogen and oxygen atoms in total. The highest BCUT2D eigenvalue weighted by Crippen LogP contribution is 2.34. The van der Waals surface area contributed by atoms with Crippen molar-refractivity contribution in [1.82, 2.24) is 0 Å². The Morgan fingerprint density at radius 1 is 1.04 bits per heavy atom. The fraction of sp³-hybridized carbons (Fsp3) is 0.190. The number of sulfone groups is 1. The lowest BCUT2D eigenvalue weighted by molar-refractivity contribution is 0.0954. The average Bonchev–Trinajstić information content (AvgIpc) is 3.21. The first kappa shape index (κ1) is 18.9. The van der Waals surface area contributed by atoms with E-state index in [-0.39, 0.29) is 22.9 Å². The topological polar surface area (TPSA) is 73.6 Å². The predicted octanol–water partition coefficient (Wildman–Crippen LogP) is 4.38. The van der Waals surface area contributed by atoms with Gasteiger partial charge in [-0.15, -0.1) is 0 Å². The van der Waals surface area contributed by atoms with Crippen LogP contribution in [0.1, 0.15) is 33.4 Å². The summed E-state index contributed by atoms with van der Waals surface area (Å²) in [4.78, 5) is 12.7. The lowest BCUT2D eigenvalue weighted by Gasteiger charge is -2.18. The summed E-state index contributed by atoms with van der Waals surface area (Å²) < 4.78 is 36.9. The second-order valence-electron chi connectivity index (χ2n) is 6.22. The molecule has 0 fully saturated rings. The van der Waals surface area contributed by atoms with Crippen molar-refractivity contribution in [1.29, 1.82) is 0 Å². The number of aryl methyl sites for hydroxylation is 1. The van der Waals surface area contributed by atoms with Crippen molar-refractivity contribution in [2.24, 2.45) is 0 Å². The van der Waals surface area contributed by atoms with Gasteiger partial charge in [0, 0.05) is 6.42 Å². The fourth-order valence-corrected chi connectivity index (χ4v) is 4.55. The van der Waals surface area contributed by atoms with Crippen LogP contribution >= 0.6 is 0 Å². The molecule has 3 aromatic rings. The van der Waals surface area contributed by atoms with E-state index >= 15 is 0 Å². The molecular weight excluding hydrogens is 364 g/mol. The van der Waals surface area contributed by atoms with Crippen LogP contribution in [0.4, 0.5) is 0 Å². The van der Waals surface area contributed by atoms with Gasteiger partial charge in [-0.25, -0.2) is 8.42 Å². The van der Waals surface area contributed by atoms with Gasteiger partial charge >= 0.3 is 0 Å². The summed E-state index contributed by atoms with van der Waals surface area (Å²) in [7, 11) is -2.24. The molecule has 1 heterocycles. The smallest absolute Gasteiger partial charge is 0.199 e. The number of carbonyl (C=O) groups is 1. The molecule has 0 saturated carbocycles. The minimum atomic E-state index is -3.78. The summed E-state index contributed by atoms with van der Waals surface area (Å²) in [5.74, 6) is 0.395. The summed E-state index contributed by atoms with van der Waals surface area (Å²) in [6.45, 7) is 1.89. The minimum absolute atomic E-state index is 0.146. The van der Waals surface area contributed by atoms with E-state index in [1.165, 1.54) is 19.4 Å². The molecular formula is C21H20O5S. The van der Waals surface area contributed by atoms with Crippen LogP contribution in [0.15, 0.2) is 76.2 Å². The molecule has 27 heavy (non-hydrogen) atoms. The van der Waals surface area contributed by atoms with Crippen LogP contribution in [-0.2, 0) is 9.84 Å². The SMILES string of the molecule is COc1ccc([C@@H](CC(=O)c2ccco2)S(=O)(=O)c2ccc(C)cc2)cc1.